The first kappa shape index (κ1) is 19.0. The van der Waals surface area contributed by atoms with Crippen LogP contribution in [-0.2, 0) is 9.47 Å². The summed E-state index contributed by atoms with van der Waals surface area (Å²) in [5.74, 6) is -0.554. The van der Waals surface area contributed by atoms with Crippen molar-refractivity contribution in [3.8, 4) is 5.75 Å². The molecule has 0 saturated carbocycles. The largest absolute Gasteiger partial charge is 0.494 e. The van der Waals surface area contributed by atoms with E-state index in [4.69, 9.17) is 14.2 Å². The molecule has 0 heterocycles. The molecule has 23 heavy (non-hydrogen) atoms. The summed E-state index contributed by atoms with van der Waals surface area (Å²) in [7, 11) is 2.59. The highest BCUT2D eigenvalue weighted by Crippen LogP contribution is 2.19. The number of hydrogen-bond acceptors (Lipinski definition) is 5. The normalized spacial score (nSPS) is 10.2. The maximum Gasteiger partial charge on any atom is 0.338 e. The lowest BCUT2D eigenvalue weighted by atomic mass is 10.1. The van der Waals surface area contributed by atoms with Crippen molar-refractivity contribution in [1.29, 1.82) is 0 Å². The van der Waals surface area contributed by atoms with E-state index in [1.165, 1.54) is 46.0 Å². The average molecular weight is 322 g/mol. The Morgan fingerprint density at radius 3 is 1.87 bits per heavy atom. The molecular weight excluding hydrogens is 296 g/mol. The van der Waals surface area contributed by atoms with Crippen LogP contribution in [0.5, 0.6) is 5.75 Å². The van der Waals surface area contributed by atoms with Gasteiger partial charge in [0, 0.05) is 0 Å². The van der Waals surface area contributed by atoms with Crippen molar-refractivity contribution in [2.75, 3.05) is 20.8 Å². The first-order chi connectivity index (χ1) is 11.1. The van der Waals surface area contributed by atoms with Gasteiger partial charge in [-0.05, 0) is 24.6 Å². The smallest absolute Gasteiger partial charge is 0.338 e. The second-order valence-electron chi connectivity index (χ2n) is 5.35. The van der Waals surface area contributed by atoms with Gasteiger partial charge in [-0.1, -0.05) is 39.0 Å². The van der Waals surface area contributed by atoms with Crippen molar-refractivity contribution < 1.29 is 23.8 Å². The van der Waals surface area contributed by atoms with E-state index in [-0.39, 0.29) is 11.1 Å². The van der Waals surface area contributed by atoms with Crippen LogP contribution in [0.25, 0.3) is 0 Å². The number of rotatable bonds is 10. The number of benzene rings is 1. The lowest BCUT2D eigenvalue weighted by molar-refractivity contribution is 0.0598. The van der Waals surface area contributed by atoms with Crippen molar-refractivity contribution in [2.45, 2.75) is 45.4 Å². The van der Waals surface area contributed by atoms with Crippen LogP contribution in [-0.4, -0.2) is 32.8 Å². The van der Waals surface area contributed by atoms with Crippen LogP contribution in [0.4, 0.5) is 0 Å². The minimum absolute atomic E-state index is 0.272. The quantitative estimate of drug-likeness (QED) is 0.481. The van der Waals surface area contributed by atoms with Crippen molar-refractivity contribution in [1.82, 2.24) is 0 Å². The highest BCUT2D eigenvalue weighted by Gasteiger charge is 2.14. The van der Waals surface area contributed by atoms with Crippen molar-refractivity contribution in [2.24, 2.45) is 0 Å². The van der Waals surface area contributed by atoms with Crippen LogP contribution in [0.2, 0.25) is 0 Å². The maximum absolute atomic E-state index is 11.7. The van der Waals surface area contributed by atoms with Gasteiger partial charge in [0.2, 0.25) is 0 Å². The van der Waals surface area contributed by atoms with Gasteiger partial charge in [0.1, 0.15) is 5.75 Å². The van der Waals surface area contributed by atoms with Crippen molar-refractivity contribution in [3.05, 3.63) is 29.3 Å². The minimum atomic E-state index is -0.514. The first-order valence-electron chi connectivity index (χ1n) is 8.06. The second-order valence-corrected chi connectivity index (χ2v) is 5.35. The Morgan fingerprint density at radius 2 is 1.35 bits per heavy atom. The molecule has 0 bridgehead atoms. The van der Waals surface area contributed by atoms with Gasteiger partial charge < -0.3 is 14.2 Å². The molecule has 0 aliphatic carbocycles. The molecule has 0 spiro atoms. The van der Waals surface area contributed by atoms with Crippen LogP contribution in [0, 0.1) is 0 Å². The van der Waals surface area contributed by atoms with Crippen LogP contribution in [0.15, 0.2) is 18.2 Å². The second kappa shape index (κ2) is 10.6. The number of ether oxygens (including phenoxy) is 3. The lowest BCUT2D eigenvalue weighted by Crippen LogP contribution is -2.08. The predicted octanol–water partition coefficient (Wildman–Crippen LogP) is 4.00. The number of unbranched alkanes of at least 4 members (excludes halogenated alkanes) is 5. The van der Waals surface area contributed by atoms with E-state index in [1.54, 1.807) is 12.1 Å². The summed E-state index contributed by atoms with van der Waals surface area (Å²) >= 11 is 0. The Hall–Kier alpha value is -2.04. The number of esters is 2. The Kier molecular flexibility index (Phi) is 8.80. The standard InChI is InChI=1S/C18H26O5/c1-4-5-6-7-8-9-10-23-16-12-14(17(19)21-2)11-15(13-16)18(20)22-3/h11-13H,4-10H2,1-3H3. The highest BCUT2D eigenvalue weighted by molar-refractivity contribution is 5.96. The zero-order valence-electron chi connectivity index (χ0n) is 14.2. The minimum Gasteiger partial charge on any atom is -0.494 e. The van der Waals surface area contributed by atoms with Gasteiger partial charge in [0.15, 0.2) is 0 Å². The number of carbonyl (C=O) groups is 2. The molecule has 0 aliphatic rings. The summed E-state index contributed by atoms with van der Waals surface area (Å²) in [5, 5.41) is 0. The van der Waals surface area contributed by atoms with E-state index in [0.717, 1.165) is 12.8 Å². The topological polar surface area (TPSA) is 61.8 Å². The molecule has 0 saturated heterocycles. The molecule has 5 heteroatoms. The fourth-order valence-electron chi connectivity index (χ4n) is 2.23. The monoisotopic (exact) mass is 322 g/mol. The molecule has 0 atom stereocenters. The summed E-state index contributed by atoms with van der Waals surface area (Å²) in [4.78, 5) is 23.4. The van der Waals surface area contributed by atoms with Gasteiger partial charge in [0.25, 0.3) is 0 Å². The summed E-state index contributed by atoms with van der Waals surface area (Å²) in [5.41, 5.74) is 0.543. The van der Waals surface area contributed by atoms with E-state index in [0.29, 0.717) is 12.4 Å². The zero-order valence-corrected chi connectivity index (χ0v) is 14.2. The summed E-state index contributed by atoms with van der Waals surface area (Å²) in [6.07, 6.45) is 7.01. The van der Waals surface area contributed by atoms with E-state index in [9.17, 15) is 9.59 Å². The molecule has 1 rings (SSSR count). The SMILES string of the molecule is CCCCCCCCOc1cc(C(=O)OC)cc(C(=O)OC)c1. The molecule has 0 aliphatic heterocycles. The van der Waals surface area contributed by atoms with Crippen LogP contribution in [0.3, 0.4) is 0 Å². The zero-order chi connectivity index (χ0) is 17.1. The molecule has 0 unspecified atom stereocenters. The molecule has 5 nitrogen and oxygen atoms in total. The third-order valence-corrected chi connectivity index (χ3v) is 3.52. The predicted molar refractivity (Wildman–Crippen MR) is 88.0 cm³/mol. The molecule has 0 N–H and O–H groups in total. The molecule has 0 fully saturated rings. The van der Waals surface area contributed by atoms with Gasteiger partial charge >= 0.3 is 11.9 Å². The Labute approximate surface area is 137 Å². The lowest BCUT2D eigenvalue weighted by Gasteiger charge is -2.10. The maximum atomic E-state index is 11.7. The highest BCUT2D eigenvalue weighted by atomic mass is 16.5. The van der Waals surface area contributed by atoms with E-state index in [1.807, 2.05) is 0 Å². The van der Waals surface area contributed by atoms with Gasteiger partial charge in [-0.15, -0.1) is 0 Å². The number of carbonyl (C=O) groups excluding carboxylic acids is 2. The Morgan fingerprint density at radius 1 is 0.826 bits per heavy atom. The van der Waals surface area contributed by atoms with Gasteiger partial charge in [-0.3, -0.25) is 0 Å². The van der Waals surface area contributed by atoms with Gasteiger partial charge in [-0.25, -0.2) is 9.59 Å². The third-order valence-electron chi connectivity index (χ3n) is 3.52. The fraction of sp³-hybridized carbons (Fsp3) is 0.556. The molecule has 0 radical (unpaired) electrons. The Bertz CT molecular complexity index is 476. The Balaban J connectivity index is 2.62. The third kappa shape index (κ3) is 6.72. The van der Waals surface area contributed by atoms with E-state index in [2.05, 4.69) is 6.92 Å². The summed E-state index contributed by atoms with van der Waals surface area (Å²) in [6.45, 7) is 2.74. The molecule has 1 aromatic rings. The average Bonchev–Trinajstić information content (AvgIpc) is 2.59. The fourth-order valence-corrected chi connectivity index (χ4v) is 2.23. The van der Waals surface area contributed by atoms with Crippen molar-refractivity contribution >= 4 is 11.9 Å². The van der Waals surface area contributed by atoms with Crippen LogP contribution >= 0.6 is 0 Å². The molecular formula is C18H26O5. The molecule has 0 aromatic heterocycles. The summed E-state index contributed by atoms with van der Waals surface area (Å²) < 4.78 is 15.1. The van der Waals surface area contributed by atoms with Crippen molar-refractivity contribution in [3.63, 3.8) is 0 Å². The molecule has 0 amide bonds. The van der Waals surface area contributed by atoms with Gasteiger partial charge in [-0.2, -0.15) is 0 Å². The number of methoxy groups -OCH3 is 2. The number of hydrogen-bond donors (Lipinski definition) is 0. The van der Waals surface area contributed by atoms with Gasteiger partial charge in [0.05, 0.1) is 32.0 Å². The molecule has 1 aromatic carbocycles. The first-order valence-corrected chi connectivity index (χ1v) is 8.06. The van der Waals surface area contributed by atoms with E-state index < -0.39 is 11.9 Å². The van der Waals surface area contributed by atoms with E-state index >= 15 is 0 Å². The van der Waals surface area contributed by atoms with Crippen LogP contribution < -0.4 is 4.74 Å². The van der Waals surface area contributed by atoms with Crippen LogP contribution in [0.1, 0.15) is 66.2 Å². The summed E-state index contributed by atoms with van der Waals surface area (Å²) in [6, 6.07) is 4.60. The molecule has 128 valence electrons.